The molecule has 2 N–H and O–H groups in total. The molecule has 106 valence electrons. The van der Waals surface area contributed by atoms with E-state index in [1.54, 1.807) is 20.8 Å². The number of ether oxygens (including phenoxy) is 1. The average molecular weight is 285 g/mol. The molecule has 0 aliphatic carbocycles. The lowest BCUT2D eigenvalue weighted by Gasteiger charge is -2.23. The summed E-state index contributed by atoms with van der Waals surface area (Å²) in [5.41, 5.74) is 0.356. The van der Waals surface area contributed by atoms with Gasteiger partial charge in [0.15, 0.2) is 0 Å². The number of hydrogen-bond acceptors (Lipinski definition) is 4. The van der Waals surface area contributed by atoms with Gasteiger partial charge in [0.05, 0.1) is 12.5 Å². The SMILES string of the molecule is Cc1ccsc1[C@@H](CC(=O)O)NC(=O)OC(C)(C)C. The highest BCUT2D eigenvalue weighted by Crippen LogP contribution is 2.26. The third-order valence-corrected chi connectivity index (χ3v) is 3.42. The summed E-state index contributed by atoms with van der Waals surface area (Å²) in [6, 6.07) is 1.33. The second kappa shape index (κ2) is 6.06. The first-order valence-electron chi connectivity index (χ1n) is 5.94. The molecule has 0 unspecified atom stereocenters. The zero-order valence-electron chi connectivity index (χ0n) is 11.5. The van der Waals surface area contributed by atoms with Crippen LogP contribution >= 0.6 is 11.3 Å². The van der Waals surface area contributed by atoms with Crippen molar-refractivity contribution in [3.8, 4) is 0 Å². The highest BCUT2D eigenvalue weighted by atomic mass is 32.1. The second-order valence-electron chi connectivity index (χ2n) is 5.26. The van der Waals surface area contributed by atoms with E-state index in [0.717, 1.165) is 10.4 Å². The van der Waals surface area contributed by atoms with Crippen LogP contribution in [0.2, 0.25) is 0 Å². The maximum Gasteiger partial charge on any atom is 0.408 e. The van der Waals surface area contributed by atoms with Crippen LogP contribution < -0.4 is 5.32 Å². The van der Waals surface area contributed by atoms with E-state index in [-0.39, 0.29) is 6.42 Å². The molecule has 1 aromatic rings. The quantitative estimate of drug-likeness (QED) is 0.891. The molecule has 19 heavy (non-hydrogen) atoms. The lowest BCUT2D eigenvalue weighted by atomic mass is 10.1. The summed E-state index contributed by atoms with van der Waals surface area (Å²) >= 11 is 1.43. The monoisotopic (exact) mass is 285 g/mol. The lowest BCUT2D eigenvalue weighted by Crippen LogP contribution is -2.35. The smallest absolute Gasteiger partial charge is 0.408 e. The fourth-order valence-electron chi connectivity index (χ4n) is 1.58. The zero-order valence-corrected chi connectivity index (χ0v) is 12.3. The number of alkyl carbamates (subject to hydrolysis) is 1. The number of rotatable bonds is 4. The van der Waals surface area contributed by atoms with Gasteiger partial charge in [-0.1, -0.05) is 0 Å². The van der Waals surface area contributed by atoms with E-state index in [4.69, 9.17) is 9.84 Å². The van der Waals surface area contributed by atoms with Crippen molar-refractivity contribution >= 4 is 23.4 Å². The van der Waals surface area contributed by atoms with Crippen LogP contribution in [0.25, 0.3) is 0 Å². The Labute approximate surface area is 116 Å². The van der Waals surface area contributed by atoms with Crippen LogP contribution in [0.5, 0.6) is 0 Å². The van der Waals surface area contributed by atoms with E-state index in [0.29, 0.717) is 0 Å². The summed E-state index contributed by atoms with van der Waals surface area (Å²) in [6.07, 6.45) is -0.771. The largest absolute Gasteiger partial charge is 0.481 e. The van der Waals surface area contributed by atoms with Gasteiger partial charge in [-0.05, 0) is 44.7 Å². The van der Waals surface area contributed by atoms with E-state index < -0.39 is 23.7 Å². The van der Waals surface area contributed by atoms with Crippen molar-refractivity contribution in [3.05, 3.63) is 21.9 Å². The number of carbonyl (C=O) groups is 2. The fourth-order valence-corrected chi connectivity index (χ4v) is 2.55. The standard InChI is InChI=1S/C13H19NO4S/c1-8-5-6-19-11(8)9(7-10(15)16)14-12(17)18-13(2,3)4/h5-6,9H,7H2,1-4H3,(H,14,17)(H,15,16)/t9-/m1/s1. The Morgan fingerprint density at radius 2 is 2.11 bits per heavy atom. The van der Waals surface area contributed by atoms with Gasteiger partial charge in [0, 0.05) is 4.88 Å². The predicted molar refractivity (Wildman–Crippen MR) is 73.4 cm³/mol. The maximum atomic E-state index is 11.7. The number of carboxylic acid groups (broad SMARTS) is 1. The molecular weight excluding hydrogens is 266 g/mol. The Morgan fingerprint density at radius 1 is 1.47 bits per heavy atom. The molecule has 0 bridgehead atoms. The third-order valence-electron chi connectivity index (χ3n) is 2.29. The van der Waals surface area contributed by atoms with Gasteiger partial charge < -0.3 is 15.2 Å². The Bertz CT molecular complexity index is 461. The number of nitrogens with one attached hydrogen (secondary N) is 1. The molecule has 0 aromatic carbocycles. The molecular formula is C13H19NO4S. The van der Waals surface area contributed by atoms with Crippen LogP contribution in [-0.4, -0.2) is 22.8 Å². The van der Waals surface area contributed by atoms with Crippen LogP contribution in [0, 0.1) is 6.92 Å². The highest BCUT2D eigenvalue weighted by Gasteiger charge is 2.24. The van der Waals surface area contributed by atoms with Gasteiger partial charge in [-0.2, -0.15) is 0 Å². The van der Waals surface area contributed by atoms with Crippen molar-refractivity contribution < 1.29 is 19.4 Å². The topological polar surface area (TPSA) is 75.6 Å². The number of carboxylic acids is 1. The zero-order chi connectivity index (χ0) is 14.6. The minimum Gasteiger partial charge on any atom is -0.481 e. The summed E-state index contributed by atoms with van der Waals surface area (Å²) in [5.74, 6) is -0.964. The summed E-state index contributed by atoms with van der Waals surface area (Å²) in [6.45, 7) is 7.16. The molecule has 0 radical (unpaired) electrons. The van der Waals surface area contributed by atoms with E-state index in [1.807, 2.05) is 18.4 Å². The summed E-state index contributed by atoms with van der Waals surface area (Å²) in [5, 5.41) is 13.4. The van der Waals surface area contributed by atoms with Gasteiger partial charge in [0.1, 0.15) is 5.60 Å². The summed E-state index contributed by atoms with van der Waals surface area (Å²) in [4.78, 5) is 23.5. The van der Waals surface area contributed by atoms with Gasteiger partial charge in [-0.15, -0.1) is 11.3 Å². The highest BCUT2D eigenvalue weighted by molar-refractivity contribution is 7.10. The first-order chi connectivity index (χ1) is 8.69. The predicted octanol–water partition coefficient (Wildman–Crippen LogP) is 3.10. The van der Waals surface area contributed by atoms with Gasteiger partial charge >= 0.3 is 12.1 Å². The number of aliphatic carboxylic acids is 1. The van der Waals surface area contributed by atoms with Gasteiger partial charge in [-0.3, -0.25) is 4.79 Å². The third kappa shape index (κ3) is 5.30. The van der Waals surface area contributed by atoms with Crippen molar-refractivity contribution in [2.75, 3.05) is 0 Å². The van der Waals surface area contributed by atoms with Crippen LogP contribution in [0.1, 0.15) is 43.7 Å². The van der Waals surface area contributed by atoms with Crippen LogP contribution in [0.4, 0.5) is 4.79 Å². The normalized spacial score (nSPS) is 12.8. The summed E-state index contributed by atoms with van der Waals surface area (Å²) in [7, 11) is 0. The number of hydrogen-bond donors (Lipinski definition) is 2. The molecule has 0 saturated carbocycles. The number of aryl methyl sites for hydroxylation is 1. The van der Waals surface area contributed by atoms with Crippen LogP contribution in [0.15, 0.2) is 11.4 Å². The van der Waals surface area contributed by atoms with E-state index in [2.05, 4.69) is 5.32 Å². The van der Waals surface area contributed by atoms with Crippen LogP contribution in [-0.2, 0) is 9.53 Å². The van der Waals surface area contributed by atoms with Gasteiger partial charge in [-0.25, -0.2) is 4.79 Å². The number of carbonyl (C=O) groups excluding carboxylic acids is 1. The van der Waals surface area contributed by atoms with Crippen molar-refractivity contribution in [2.24, 2.45) is 0 Å². The van der Waals surface area contributed by atoms with E-state index in [9.17, 15) is 9.59 Å². The Kier molecular flexibility index (Phi) is 4.94. The molecule has 0 fully saturated rings. The first-order valence-corrected chi connectivity index (χ1v) is 6.82. The van der Waals surface area contributed by atoms with Crippen LogP contribution in [0.3, 0.4) is 0 Å². The Hall–Kier alpha value is -1.56. The molecule has 5 nitrogen and oxygen atoms in total. The van der Waals surface area contributed by atoms with E-state index in [1.165, 1.54) is 11.3 Å². The van der Waals surface area contributed by atoms with Crippen molar-refractivity contribution in [1.82, 2.24) is 5.32 Å². The van der Waals surface area contributed by atoms with Crippen molar-refractivity contribution in [1.29, 1.82) is 0 Å². The number of thiophene rings is 1. The van der Waals surface area contributed by atoms with Crippen molar-refractivity contribution in [3.63, 3.8) is 0 Å². The molecule has 1 rings (SSSR count). The fraction of sp³-hybridized carbons (Fsp3) is 0.538. The van der Waals surface area contributed by atoms with Gasteiger partial charge in [0.2, 0.25) is 0 Å². The minimum absolute atomic E-state index is 0.166. The van der Waals surface area contributed by atoms with Crippen molar-refractivity contribution in [2.45, 2.75) is 45.8 Å². The average Bonchev–Trinajstić information content (AvgIpc) is 2.59. The molecule has 0 aliphatic rings. The van der Waals surface area contributed by atoms with Gasteiger partial charge in [0.25, 0.3) is 0 Å². The molecule has 0 saturated heterocycles. The molecule has 1 aromatic heterocycles. The lowest BCUT2D eigenvalue weighted by molar-refractivity contribution is -0.137. The molecule has 1 atom stereocenters. The summed E-state index contributed by atoms with van der Waals surface area (Å²) < 4.78 is 5.15. The van der Waals surface area contributed by atoms with E-state index >= 15 is 0 Å². The minimum atomic E-state index is -0.964. The molecule has 6 heteroatoms. The molecule has 1 amide bonds. The molecule has 0 spiro atoms. The second-order valence-corrected chi connectivity index (χ2v) is 6.21. The number of amides is 1. The molecule has 1 heterocycles. The molecule has 0 aliphatic heterocycles. The maximum absolute atomic E-state index is 11.7. The first kappa shape index (κ1) is 15.5. The Morgan fingerprint density at radius 3 is 2.53 bits per heavy atom. The Balaban J connectivity index is 2.79.